The monoisotopic (exact) mass is 376 g/mol. The molecule has 0 bridgehead atoms. The third kappa shape index (κ3) is 3.99. The zero-order chi connectivity index (χ0) is 19.4. The molecule has 2 heterocycles. The van der Waals surface area contributed by atoms with E-state index in [-0.39, 0.29) is 17.4 Å². The molecule has 0 unspecified atom stereocenters. The number of halogens is 2. The fourth-order valence-corrected chi connectivity index (χ4v) is 3.15. The van der Waals surface area contributed by atoms with Crippen LogP contribution in [0.15, 0.2) is 18.2 Å². The molecule has 1 aromatic carbocycles. The first-order valence-corrected chi connectivity index (χ1v) is 9.16. The highest BCUT2D eigenvalue weighted by Crippen LogP contribution is 2.23. The van der Waals surface area contributed by atoms with Crippen LogP contribution in [-0.4, -0.2) is 27.9 Å². The maximum Gasteiger partial charge on any atom is 0.291 e. The van der Waals surface area contributed by atoms with Gasteiger partial charge in [0, 0.05) is 13.1 Å². The van der Waals surface area contributed by atoms with E-state index in [2.05, 4.69) is 15.6 Å². The third-order valence-electron chi connectivity index (χ3n) is 4.55. The molecule has 2 N–H and O–H groups in total. The fraction of sp³-hybridized carbons (Fsp3) is 0.421. The number of nitrogens with one attached hydrogen (secondary N) is 2. The number of hydrogen-bond acceptors (Lipinski definition) is 3. The van der Waals surface area contributed by atoms with Gasteiger partial charge in [-0.25, -0.2) is 13.8 Å². The van der Waals surface area contributed by atoms with Crippen molar-refractivity contribution in [1.82, 2.24) is 14.9 Å². The molecule has 0 atom stereocenters. The van der Waals surface area contributed by atoms with Gasteiger partial charge in [0.15, 0.2) is 5.82 Å². The van der Waals surface area contributed by atoms with Gasteiger partial charge in [-0.1, -0.05) is 19.4 Å². The minimum atomic E-state index is -0.869. The van der Waals surface area contributed by atoms with Gasteiger partial charge in [0.1, 0.15) is 23.0 Å². The van der Waals surface area contributed by atoms with Crippen molar-refractivity contribution in [1.29, 1.82) is 0 Å². The molecule has 27 heavy (non-hydrogen) atoms. The number of benzene rings is 1. The molecule has 3 rings (SSSR count). The van der Waals surface area contributed by atoms with Crippen LogP contribution in [-0.2, 0) is 13.0 Å². The normalized spacial score (nSPS) is 13.1. The first kappa shape index (κ1) is 19.0. The van der Waals surface area contributed by atoms with Crippen molar-refractivity contribution >= 4 is 17.5 Å². The minimum absolute atomic E-state index is 0.00649. The molecule has 0 radical (unpaired) electrons. The second-order valence-electron chi connectivity index (χ2n) is 6.50. The van der Waals surface area contributed by atoms with Gasteiger partial charge in [0.05, 0.1) is 5.69 Å². The van der Waals surface area contributed by atoms with Gasteiger partial charge in [0.2, 0.25) is 0 Å². The van der Waals surface area contributed by atoms with Crippen LogP contribution >= 0.6 is 0 Å². The predicted octanol–water partition coefficient (Wildman–Crippen LogP) is 3.28. The third-order valence-corrected chi connectivity index (χ3v) is 4.55. The molecule has 6 nitrogen and oxygen atoms in total. The Bertz CT molecular complexity index is 843. The molecule has 0 saturated heterocycles. The summed E-state index contributed by atoms with van der Waals surface area (Å²) in [5, 5.41) is 5.05. The zero-order valence-electron chi connectivity index (χ0n) is 15.1. The molecule has 0 fully saturated rings. The number of fused-ring (bicyclic) bond motifs is 1. The summed E-state index contributed by atoms with van der Waals surface area (Å²) in [5.41, 5.74) is 0.379. The Morgan fingerprint density at radius 2 is 1.93 bits per heavy atom. The summed E-state index contributed by atoms with van der Waals surface area (Å²) in [7, 11) is 0. The Labute approximate surface area is 156 Å². The number of amides is 2. The van der Waals surface area contributed by atoms with Crippen molar-refractivity contribution in [3.05, 3.63) is 47.0 Å². The summed E-state index contributed by atoms with van der Waals surface area (Å²) < 4.78 is 29.3. The number of imidazole rings is 1. The molecule has 2 amide bonds. The Morgan fingerprint density at radius 3 is 2.63 bits per heavy atom. The highest BCUT2D eigenvalue weighted by Gasteiger charge is 2.28. The van der Waals surface area contributed by atoms with Crippen molar-refractivity contribution < 1.29 is 18.4 Å². The number of carbonyl (C=O) groups excluding carboxylic acids is 2. The van der Waals surface area contributed by atoms with Crippen LogP contribution in [0, 0.1) is 11.6 Å². The summed E-state index contributed by atoms with van der Waals surface area (Å²) in [6, 6.07) is 3.34. The first-order chi connectivity index (χ1) is 13.0. The second kappa shape index (κ2) is 8.28. The van der Waals surface area contributed by atoms with E-state index in [1.54, 1.807) is 4.57 Å². The molecule has 0 spiro atoms. The fourth-order valence-electron chi connectivity index (χ4n) is 3.15. The van der Waals surface area contributed by atoms with Crippen LogP contribution in [0.3, 0.4) is 0 Å². The van der Waals surface area contributed by atoms with Crippen LogP contribution in [0.25, 0.3) is 0 Å². The van der Waals surface area contributed by atoms with Crippen LogP contribution in [0.4, 0.5) is 14.5 Å². The lowest BCUT2D eigenvalue weighted by molar-refractivity contribution is 0.0947. The molecule has 1 aliphatic heterocycles. The second-order valence-corrected chi connectivity index (χ2v) is 6.50. The minimum Gasteiger partial charge on any atom is -0.351 e. The van der Waals surface area contributed by atoms with E-state index in [0.29, 0.717) is 25.2 Å². The van der Waals surface area contributed by atoms with E-state index < -0.39 is 23.2 Å². The lowest BCUT2D eigenvalue weighted by Gasteiger charge is -2.17. The Hall–Kier alpha value is -2.77. The standard InChI is InChI=1S/C19H22F2N4O2/c1-2-3-10-22-18(26)16-14-9-4-5-11-25(14)17(23-16)19(27)24-15-12(20)7-6-8-13(15)21/h6-8H,2-5,9-11H2,1H3,(H,22,26)(H,24,27). The van der Waals surface area contributed by atoms with Crippen LogP contribution in [0.2, 0.25) is 0 Å². The maximum atomic E-state index is 13.8. The van der Waals surface area contributed by atoms with Crippen molar-refractivity contribution in [2.75, 3.05) is 11.9 Å². The van der Waals surface area contributed by atoms with Gasteiger partial charge < -0.3 is 15.2 Å². The number of para-hydroxylation sites is 1. The van der Waals surface area contributed by atoms with Gasteiger partial charge in [-0.2, -0.15) is 0 Å². The van der Waals surface area contributed by atoms with Crippen molar-refractivity contribution in [3.63, 3.8) is 0 Å². The van der Waals surface area contributed by atoms with Crippen LogP contribution in [0.5, 0.6) is 0 Å². The quantitative estimate of drug-likeness (QED) is 0.760. The smallest absolute Gasteiger partial charge is 0.291 e. The lowest BCUT2D eigenvalue weighted by Crippen LogP contribution is -2.26. The average molecular weight is 376 g/mol. The van der Waals surface area contributed by atoms with Crippen molar-refractivity contribution in [3.8, 4) is 0 Å². The van der Waals surface area contributed by atoms with Gasteiger partial charge in [-0.05, 0) is 37.8 Å². The Morgan fingerprint density at radius 1 is 1.19 bits per heavy atom. The zero-order valence-corrected chi connectivity index (χ0v) is 15.1. The maximum absolute atomic E-state index is 13.8. The SMILES string of the molecule is CCCCNC(=O)c1nc(C(=O)Nc2c(F)cccc2F)n2c1CCCC2. The summed E-state index contributed by atoms with van der Waals surface area (Å²) in [6.07, 6.45) is 4.16. The Kier molecular flexibility index (Phi) is 5.83. The summed E-state index contributed by atoms with van der Waals surface area (Å²) >= 11 is 0. The number of nitrogens with zero attached hydrogens (tertiary/aromatic N) is 2. The highest BCUT2D eigenvalue weighted by atomic mass is 19.1. The van der Waals surface area contributed by atoms with Gasteiger partial charge in [0.25, 0.3) is 11.8 Å². The lowest BCUT2D eigenvalue weighted by atomic mass is 10.1. The molecule has 0 aliphatic carbocycles. The summed E-state index contributed by atoms with van der Waals surface area (Å²) in [6.45, 7) is 3.09. The van der Waals surface area contributed by atoms with Gasteiger partial charge in [-0.15, -0.1) is 0 Å². The van der Waals surface area contributed by atoms with E-state index in [0.717, 1.165) is 37.8 Å². The van der Waals surface area contributed by atoms with Gasteiger partial charge >= 0.3 is 0 Å². The van der Waals surface area contributed by atoms with Crippen molar-refractivity contribution in [2.45, 2.75) is 45.6 Å². The van der Waals surface area contributed by atoms with E-state index in [4.69, 9.17) is 0 Å². The average Bonchev–Trinajstić information content (AvgIpc) is 3.05. The predicted molar refractivity (Wildman–Crippen MR) is 96.7 cm³/mol. The summed E-state index contributed by atoms with van der Waals surface area (Å²) in [5.74, 6) is -2.81. The number of anilines is 1. The van der Waals surface area contributed by atoms with Crippen LogP contribution < -0.4 is 10.6 Å². The number of hydrogen-bond donors (Lipinski definition) is 2. The topological polar surface area (TPSA) is 76.0 Å². The first-order valence-electron chi connectivity index (χ1n) is 9.16. The van der Waals surface area contributed by atoms with Crippen LogP contribution in [0.1, 0.15) is 59.4 Å². The van der Waals surface area contributed by atoms with E-state index in [1.165, 1.54) is 6.07 Å². The van der Waals surface area contributed by atoms with E-state index >= 15 is 0 Å². The van der Waals surface area contributed by atoms with Crippen molar-refractivity contribution in [2.24, 2.45) is 0 Å². The molecule has 1 aromatic heterocycles. The summed E-state index contributed by atoms with van der Waals surface area (Å²) in [4.78, 5) is 29.3. The molecule has 144 valence electrons. The number of unbranched alkanes of at least 4 members (excludes halogenated alkanes) is 1. The van der Waals surface area contributed by atoms with E-state index in [1.807, 2.05) is 6.92 Å². The molecule has 8 heteroatoms. The van der Waals surface area contributed by atoms with Gasteiger partial charge in [-0.3, -0.25) is 9.59 Å². The molecule has 2 aromatic rings. The highest BCUT2D eigenvalue weighted by molar-refractivity contribution is 6.03. The Balaban J connectivity index is 1.89. The number of rotatable bonds is 6. The molecule has 1 aliphatic rings. The molecular formula is C19H22F2N4O2. The van der Waals surface area contributed by atoms with E-state index in [9.17, 15) is 18.4 Å². The number of aromatic nitrogens is 2. The molecule has 0 saturated carbocycles. The largest absolute Gasteiger partial charge is 0.351 e. The number of carbonyl (C=O) groups is 2. The molecular weight excluding hydrogens is 354 g/mol.